The molecule has 4 heteroatoms. The third kappa shape index (κ3) is 3.46. The largest absolute Gasteiger partial charge is 0.384 e. The molecule has 0 amide bonds. The molecule has 0 spiro atoms. The lowest BCUT2D eigenvalue weighted by atomic mass is 9.91. The fraction of sp³-hybridized carbons (Fsp3) is 0.385. The number of rotatable bonds is 4. The highest BCUT2D eigenvalue weighted by Crippen LogP contribution is 2.21. The Bertz CT molecular complexity index is 480. The van der Waals surface area contributed by atoms with Crippen LogP contribution in [0.3, 0.4) is 0 Å². The van der Waals surface area contributed by atoms with Gasteiger partial charge in [-0.25, -0.2) is 4.39 Å². The van der Waals surface area contributed by atoms with Crippen molar-refractivity contribution in [1.29, 1.82) is 10.5 Å². The van der Waals surface area contributed by atoms with Crippen molar-refractivity contribution in [3.63, 3.8) is 0 Å². The molecule has 0 radical (unpaired) electrons. The molecule has 3 nitrogen and oxygen atoms in total. The summed E-state index contributed by atoms with van der Waals surface area (Å²) in [6.45, 7) is 4.20. The maximum absolute atomic E-state index is 13.3. The molecule has 0 atom stereocenters. The first kappa shape index (κ1) is 13.0. The third-order valence-electron chi connectivity index (χ3n) is 2.49. The van der Waals surface area contributed by atoms with E-state index in [1.165, 1.54) is 6.07 Å². The van der Waals surface area contributed by atoms with E-state index >= 15 is 0 Å². The van der Waals surface area contributed by atoms with E-state index < -0.39 is 11.2 Å². The Balaban J connectivity index is 2.69. The van der Waals surface area contributed by atoms with Crippen LogP contribution in [0.5, 0.6) is 0 Å². The summed E-state index contributed by atoms with van der Waals surface area (Å²) in [4.78, 5) is 0. The van der Waals surface area contributed by atoms with E-state index in [0.717, 1.165) is 0 Å². The minimum Gasteiger partial charge on any atom is -0.384 e. The second kappa shape index (κ2) is 5.32. The molecule has 0 aromatic heterocycles. The van der Waals surface area contributed by atoms with Gasteiger partial charge in [0.1, 0.15) is 17.4 Å². The van der Waals surface area contributed by atoms with Crippen molar-refractivity contribution in [2.75, 3.05) is 11.9 Å². The van der Waals surface area contributed by atoms with Crippen LogP contribution in [0.2, 0.25) is 0 Å². The molecule has 0 aliphatic rings. The van der Waals surface area contributed by atoms with Gasteiger partial charge >= 0.3 is 0 Å². The molecule has 1 aromatic rings. The number of nitrogens with one attached hydrogen (secondary N) is 1. The number of hydrogen-bond acceptors (Lipinski definition) is 3. The maximum Gasteiger partial charge on any atom is 0.143 e. The molecule has 1 N–H and O–H groups in total. The van der Waals surface area contributed by atoms with E-state index in [-0.39, 0.29) is 5.56 Å². The predicted octanol–water partition coefficient (Wildman–Crippen LogP) is 3.05. The quantitative estimate of drug-likeness (QED) is 0.866. The SMILES string of the molecule is CC(C)(C#N)CCNc1cccc(F)c1C#N. The van der Waals surface area contributed by atoms with Crippen molar-refractivity contribution < 1.29 is 4.39 Å². The fourth-order valence-electron chi connectivity index (χ4n) is 1.35. The first-order valence-electron chi connectivity index (χ1n) is 5.34. The number of benzene rings is 1. The lowest BCUT2D eigenvalue weighted by Gasteiger charge is -2.16. The molecule has 0 unspecified atom stereocenters. The normalized spacial score (nSPS) is 10.4. The molecule has 0 bridgehead atoms. The smallest absolute Gasteiger partial charge is 0.143 e. The van der Waals surface area contributed by atoms with Gasteiger partial charge in [0, 0.05) is 6.54 Å². The van der Waals surface area contributed by atoms with E-state index in [2.05, 4.69) is 11.4 Å². The highest BCUT2D eigenvalue weighted by atomic mass is 19.1. The van der Waals surface area contributed by atoms with Gasteiger partial charge < -0.3 is 5.32 Å². The van der Waals surface area contributed by atoms with Crippen molar-refractivity contribution in [2.24, 2.45) is 5.41 Å². The van der Waals surface area contributed by atoms with Gasteiger partial charge in [0.25, 0.3) is 0 Å². The predicted molar refractivity (Wildman–Crippen MR) is 63.6 cm³/mol. The zero-order valence-electron chi connectivity index (χ0n) is 9.92. The van der Waals surface area contributed by atoms with Crippen LogP contribution in [0.15, 0.2) is 18.2 Å². The number of anilines is 1. The van der Waals surface area contributed by atoms with Crippen molar-refractivity contribution >= 4 is 5.69 Å². The van der Waals surface area contributed by atoms with Gasteiger partial charge in [0.05, 0.1) is 17.2 Å². The second-order valence-corrected chi connectivity index (χ2v) is 4.45. The summed E-state index contributed by atoms with van der Waals surface area (Å²) in [6.07, 6.45) is 0.630. The van der Waals surface area contributed by atoms with Gasteiger partial charge in [-0.3, -0.25) is 0 Å². The van der Waals surface area contributed by atoms with Crippen LogP contribution in [0.4, 0.5) is 10.1 Å². The van der Waals surface area contributed by atoms with E-state index in [0.29, 0.717) is 18.7 Å². The van der Waals surface area contributed by atoms with Gasteiger partial charge in [-0.2, -0.15) is 10.5 Å². The molecule has 17 heavy (non-hydrogen) atoms. The van der Waals surface area contributed by atoms with Crippen molar-refractivity contribution in [2.45, 2.75) is 20.3 Å². The average molecular weight is 231 g/mol. The first-order valence-corrected chi connectivity index (χ1v) is 5.34. The zero-order valence-corrected chi connectivity index (χ0v) is 9.92. The summed E-state index contributed by atoms with van der Waals surface area (Å²) in [5.74, 6) is -0.531. The highest BCUT2D eigenvalue weighted by molar-refractivity contribution is 5.57. The molecule has 1 aromatic carbocycles. The molecular formula is C13H14FN3. The van der Waals surface area contributed by atoms with E-state index in [9.17, 15) is 4.39 Å². The molecular weight excluding hydrogens is 217 g/mol. The van der Waals surface area contributed by atoms with Gasteiger partial charge in [-0.15, -0.1) is 0 Å². The molecule has 0 aliphatic heterocycles. The molecule has 0 heterocycles. The van der Waals surface area contributed by atoms with E-state index in [1.54, 1.807) is 12.1 Å². The highest BCUT2D eigenvalue weighted by Gasteiger charge is 2.16. The topological polar surface area (TPSA) is 59.6 Å². The Morgan fingerprint density at radius 2 is 2.06 bits per heavy atom. The first-order chi connectivity index (χ1) is 8.00. The Morgan fingerprint density at radius 1 is 1.35 bits per heavy atom. The molecule has 1 rings (SSSR count). The van der Waals surface area contributed by atoms with Crippen LogP contribution in [0.1, 0.15) is 25.8 Å². The Labute approximate surface area is 100 Å². The van der Waals surface area contributed by atoms with Crippen LogP contribution in [0.25, 0.3) is 0 Å². The summed E-state index contributed by atoms with van der Waals surface area (Å²) in [5, 5.41) is 20.7. The zero-order chi connectivity index (χ0) is 12.9. The Morgan fingerprint density at radius 3 is 2.65 bits per heavy atom. The van der Waals surface area contributed by atoms with Gasteiger partial charge in [0.15, 0.2) is 0 Å². The fourth-order valence-corrected chi connectivity index (χ4v) is 1.35. The molecule has 0 saturated heterocycles. The minimum atomic E-state index is -0.531. The van der Waals surface area contributed by atoms with Gasteiger partial charge in [-0.1, -0.05) is 6.07 Å². The lowest BCUT2D eigenvalue weighted by molar-refractivity contribution is 0.466. The van der Waals surface area contributed by atoms with E-state index in [4.69, 9.17) is 10.5 Å². The van der Waals surface area contributed by atoms with Crippen molar-refractivity contribution in [3.8, 4) is 12.1 Å². The number of nitrogens with zero attached hydrogens (tertiary/aromatic N) is 2. The van der Waals surface area contributed by atoms with Crippen LogP contribution in [0, 0.1) is 33.9 Å². The minimum absolute atomic E-state index is 0.0160. The maximum atomic E-state index is 13.3. The van der Waals surface area contributed by atoms with Crippen LogP contribution in [-0.2, 0) is 0 Å². The monoisotopic (exact) mass is 231 g/mol. The lowest BCUT2D eigenvalue weighted by Crippen LogP contribution is -2.15. The molecule has 0 fully saturated rings. The summed E-state index contributed by atoms with van der Waals surface area (Å²) in [7, 11) is 0. The summed E-state index contributed by atoms with van der Waals surface area (Å²) >= 11 is 0. The molecule has 88 valence electrons. The van der Waals surface area contributed by atoms with Crippen LogP contribution >= 0.6 is 0 Å². The average Bonchev–Trinajstić information content (AvgIpc) is 2.29. The third-order valence-corrected chi connectivity index (χ3v) is 2.49. The molecule has 0 saturated carbocycles. The van der Waals surface area contributed by atoms with Crippen molar-refractivity contribution in [3.05, 3.63) is 29.6 Å². The van der Waals surface area contributed by atoms with Gasteiger partial charge in [-0.05, 0) is 32.4 Å². The number of hydrogen-bond donors (Lipinski definition) is 1. The molecule has 0 aliphatic carbocycles. The second-order valence-electron chi connectivity index (χ2n) is 4.45. The van der Waals surface area contributed by atoms with Crippen molar-refractivity contribution in [1.82, 2.24) is 0 Å². The van der Waals surface area contributed by atoms with Crippen LogP contribution in [-0.4, -0.2) is 6.54 Å². The number of halogens is 1. The number of nitriles is 2. The van der Waals surface area contributed by atoms with E-state index in [1.807, 2.05) is 19.9 Å². The van der Waals surface area contributed by atoms with Gasteiger partial charge in [0.2, 0.25) is 0 Å². The summed E-state index contributed by atoms with van der Waals surface area (Å²) < 4.78 is 13.3. The standard InChI is InChI=1S/C13H14FN3/c1-13(2,9-16)6-7-17-12-5-3-4-11(14)10(12)8-15/h3-5,17H,6-7H2,1-2H3. The summed E-state index contributed by atoms with van der Waals surface area (Å²) in [6, 6.07) is 8.47. The Kier molecular flexibility index (Phi) is 4.06. The Hall–Kier alpha value is -2.07. The van der Waals surface area contributed by atoms with Crippen LogP contribution < -0.4 is 5.32 Å². The summed E-state index contributed by atoms with van der Waals surface area (Å²) in [5.41, 5.74) is 0.0659.